The molecule has 6 nitrogen and oxygen atoms in total. The molecule has 0 saturated heterocycles. The first kappa shape index (κ1) is 15.9. The van der Waals surface area contributed by atoms with Crippen LogP contribution < -0.4 is 4.74 Å². The van der Waals surface area contributed by atoms with Crippen LogP contribution in [0.4, 0.5) is 0 Å². The summed E-state index contributed by atoms with van der Waals surface area (Å²) < 4.78 is 5.15. The molecule has 3 aromatic rings. The van der Waals surface area contributed by atoms with Gasteiger partial charge < -0.3 is 9.84 Å². The molecule has 0 aliphatic rings. The first-order valence-electron chi connectivity index (χ1n) is 7.16. The molecule has 0 spiro atoms. The van der Waals surface area contributed by atoms with Crippen LogP contribution in [0.2, 0.25) is 0 Å². The molecular weight excluding hydrogens is 326 g/mol. The minimum Gasteiger partial charge on any atom is -0.507 e. The van der Waals surface area contributed by atoms with Crippen molar-refractivity contribution in [3.63, 3.8) is 0 Å². The summed E-state index contributed by atoms with van der Waals surface area (Å²) in [5.74, 6) is 0.380. The summed E-state index contributed by atoms with van der Waals surface area (Å²) in [6.07, 6.45) is 3.05. The Labute approximate surface area is 142 Å². The van der Waals surface area contributed by atoms with Gasteiger partial charge in [0.15, 0.2) is 5.82 Å². The number of aromatic nitrogens is 3. The summed E-state index contributed by atoms with van der Waals surface area (Å²) in [5.41, 5.74) is 2.68. The lowest BCUT2D eigenvalue weighted by Gasteiger charge is -2.05. The molecule has 1 aromatic carbocycles. The van der Waals surface area contributed by atoms with Crippen LogP contribution in [0.15, 0.2) is 47.4 Å². The number of aromatic amines is 1. The molecule has 0 radical (unpaired) electrons. The number of H-pyrrole nitrogens is 1. The van der Waals surface area contributed by atoms with Crippen LogP contribution in [0, 0.1) is 0 Å². The van der Waals surface area contributed by atoms with Gasteiger partial charge >= 0.3 is 0 Å². The molecular formula is C17H15N3O3S. The molecule has 2 heterocycles. The highest BCUT2D eigenvalue weighted by molar-refractivity contribution is 7.08. The lowest BCUT2D eigenvalue weighted by Crippen LogP contribution is -2.00. The monoisotopic (exact) mass is 341 g/mol. The Morgan fingerprint density at radius 3 is 2.79 bits per heavy atom. The van der Waals surface area contributed by atoms with Crippen molar-refractivity contribution in [3.8, 4) is 5.75 Å². The Morgan fingerprint density at radius 2 is 2.12 bits per heavy atom. The third kappa shape index (κ3) is 3.52. The van der Waals surface area contributed by atoms with Crippen molar-refractivity contribution < 1.29 is 14.6 Å². The van der Waals surface area contributed by atoms with Crippen LogP contribution >= 0.6 is 11.3 Å². The predicted octanol–water partition coefficient (Wildman–Crippen LogP) is 3.25. The van der Waals surface area contributed by atoms with E-state index in [1.54, 1.807) is 7.11 Å². The molecule has 7 heteroatoms. The number of thiophene rings is 1. The number of allylic oxidation sites excluding steroid dienone is 1. The fourth-order valence-corrected chi connectivity index (χ4v) is 3.09. The van der Waals surface area contributed by atoms with Crippen molar-refractivity contribution in [2.45, 2.75) is 6.42 Å². The highest BCUT2D eigenvalue weighted by Crippen LogP contribution is 2.25. The zero-order chi connectivity index (χ0) is 16.9. The van der Waals surface area contributed by atoms with Crippen molar-refractivity contribution in [2.24, 2.45) is 0 Å². The first-order valence-corrected chi connectivity index (χ1v) is 8.10. The number of methoxy groups -OCH3 is 1. The van der Waals surface area contributed by atoms with Gasteiger partial charge in [-0.2, -0.15) is 16.4 Å². The van der Waals surface area contributed by atoms with Gasteiger partial charge in [0.2, 0.25) is 5.78 Å². The van der Waals surface area contributed by atoms with Crippen LogP contribution in [-0.4, -0.2) is 33.2 Å². The number of benzene rings is 1. The van der Waals surface area contributed by atoms with Crippen LogP contribution in [0.5, 0.6) is 5.75 Å². The minimum absolute atomic E-state index is 0.0823. The van der Waals surface area contributed by atoms with Gasteiger partial charge in [0, 0.05) is 17.0 Å². The number of hydrogen-bond acceptors (Lipinski definition) is 6. The SMILES string of the molecule is COc1ccc(Cc2cscc2C(O)=CC(=O)c2ncn[nH]2)cc1. The van der Waals surface area contributed by atoms with Gasteiger partial charge in [-0.1, -0.05) is 12.1 Å². The number of rotatable bonds is 6. The van der Waals surface area contributed by atoms with E-state index >= 15 is 0 Å². The van der Waals surface area contributed by atoms with Gasteiger partial charge in [0.05, 0.1) is 7.11 Å². The molecule has 0 saturated carbocycles. The van der Waals surface area contributed by atoms with Crippen molar-refractivity contribution in [1.29, 1.82) is 0 Å². The summed E-state index contributed by atoms with van der Waals surface area (Å²) in [7, 11) is 1.63. The maximum absolute atomic E-state index is 12.0. The molecule has 122 valence electrons. The van der Waals surface area contributed by atoms with Gasteiger partial charge in [-0.05, 0) is 35.1 Å². The van der Waals surface area contributed by atoms with Gasteiger partial charge in [0.1, 0.15) is 17.8 Å². The zero-order valence-corrected chi connectivity index (χ0v) is 13.7. The van der Waals surface area contributed by atoms with E-state index in [2.05, 4.69) is 15.2 Å². The molecule has 0 aliphatic carbocycles. The highest BCUT2D eigenvalue weighted by Gasteiger charge is 2.13. The van der Waals surface area contributed by atoms with Crippen LogP contribution in [0.1, 0.15) is 27.3 Å². The average Bonchev–Trinajstić information content (AvgIpc) is 3.27. The van der Waals surface area contributed by atoms with E-state index in [9.17, 15) is 9.90 Å². The molecule has 0 unspecified atom stereocenters. The van der Waals surface area contributed by atoms with Gasteiger partial charge in [-0.15, -0.1) is 0 Å². The summed E-state index contributed by atoms with van der Waals surface area (Å²) in [4.78, 5) is 15.7. The maximum atomic E-state index is 12.0. The quantitative estimate of drug-likeness (QED) is 0.408. The smallest absolute Gasteiger partial charge is 0.226 e. The topological polar surface area (TPSA) is 88.1 Å². The Kier molecular flexibility index (Phi) is 4.72. The molecule has 0 bridgehead atoms. The Bertz CT molecular complexity index is 852. The second kappa shape index (κ2) is 7.10. The number of carbonyl (C=O) groups is 1. The second-order valence-corrected chi connectivity index (χ2v) is 5.81. The molecule has 2 N–H and O–H groups in total. The van der Waals surface area contributed by atoms with Crippen LogP contribution in [0.25, 0.3) is 5.76 Å². The molecule has 0 aliphatic heterocycles. The Balaban J connectivity index is 1.80. The molecule has 0 amide bonds. The Hall–Kier alpha value is -2.93. The fraction of sp³-hybridized carbons (Fsp3) is 0.118. The van der Waals surface area contributed by atoms with E-state index in [-0.39, 0.29) is 11.6 Å². The molecule has 0 atom stereocenters. The van der Waals surface area contributed by atoms with Crippen molar-refractivity contribution >= 4 is 22.9 Å². The fourth-order valence-electron chi connectivity index (χ4n) is 2.24. The lowest BCUT2D eigenvalue weighted by atomic mass is 10.0. The van der Waals surface area contributed by atoms with Crippen molar-refractivity contribution in [3.05, 3.63) is 69.9 Å². The number of aliphatic hydroxyl groups is 1. The molecule has 3 rings (SSSR count). The molecule has 24 heavy (non-hydrogen) atoms. The largest absolute Gasteiger partial charge is 0.507 e. The van der Waals surface area contributed by atoms with Gasteiger partial charge in [0.25, 0.3) is 0 Å². The van der Waals surface area contributed by atoms with Gasteiger partial charge in [-0.25, -0.2) is 4.98 Å². The summed E-state index contributed by atoms with van der Waals surface area (Å²) in [6, 6.07) is 7.73. The van der Waals surface area contributed by atoms with E-state index < -0.39 is 5.78 Å². The third-order valence-corrected chi connectivity index (χ3v) is 4.28. The van der Waals surface area contributed by atoms with E-state index in [0.717, 1.165) is 23.0 Å². The van der Waals surface area contributed by atoms with Gasteiger partial charge in [-0.3, -0.25) is 9.89 Å². The summed E-state index contributed by atoms with van der Waals surface area (Å²) in [5, 5.41) is 20.2. The minimum atomic E-state index is -0.424. The number of ketones is 1. The molecule has 2 aromatic heterocycles. The second-order valence-electron chi connectivity index (χ2n) is 5.06. The number of aliphatic hydroxyl groups excluding tert-OH is 1. The first-order chi connectivity index (χ1) is 11.7. The van der Waals surface area contributed by atoms with Crippen molar-refractivity contribution in [2.75, 3.05) is 7.11 Å². The number of hydrogen-bond donors (Lipinski definition) is 2. The Morgan fingerprint density at radius 1 is 1.33 bits per heavy atom. The number of carbonyl (C=O) groups excluding carboxylic acids is 1. The zero-order valence-electron chi connectivity index (χ0n) is 12.9. The average molecular weight is 341 g/mol. The number of nitrogens with zero attached hydrogens (tertiary/aromatic N) is 2. The lowest BCUT2D eigenvalue weighted by molar-refractivity contribution is 0.103. The maximum Gasteiger partial charge on any atom is 0.226 e. The summed E-state index contributed by atoms with van der Waals surface area (Å²) >= 11 is 1.47. The number of nitrogens with one attached hydrogen (secondary N) is 1. The molecule has 0 fully saturated rings. The number of ether oxygens (including phenoxy) is 1. The van der Waals surface area contributed by atoms with E-state index in [1.165, 1.54) is 17.7 Å². The van der Waals surface area contributed by atoms with E-state index in [4.69, 9.17) is 4.74 Å². The predicted molar refractivity (Wildman–Crippen MR) is 91.4 cm³/mol. The standard InChI is InChI=1S/C17H15N3O3S/c1-23-13-4-2-11(3-5-13)6-12-8-24-9-14(12)15(21)7-16(22)17-18-10-19-20-17/h2-5,7-10,21H,6H2,1H3,(H,18,19,20). The van der Waals surface area contributed by atoms with E-state index in [0.29, 0.717) is 12.0 Å². The van der Waals surface area contributed by atoms with Crippen molar-refractivity contribution in [1.82, 2.24) is 15.2 Å². The van der Waals surface area contributed by atoms with E-state index in [1.807, 2.05) is 35.0 Å². The third-order valence-electron chi connectivity index (χ3n) is 3.49. The van der Waals surface area contributed by atoms with Crippen LogP contribution in [-0.2, 0) is 6.42 Å². The van der Waals surface area contributed by atoms with Crippen LogP contribution in [0.3, 0.4) is 0 Å². The summed E-state index contributed by atoms with van der Waals surface area (Å²) in [6.45, 7) is 0. The highest BCUT2D eigenvalue weighted by atomic mass is 32.1. The normalized spacial score (nSPS) is 11.5.